The maximum atomic E-state index is 11.3. The van der Waals surface area contributed by atoms with E-state index in [2.05, 4.69) is 4.74 Å². The fourth-order valence-electron chi connectivity index (χ4n) is 1.70. The van der Waals surface area contributed by atoms with Crippen LogP contribution in [0.15, 0.2) is 18.2 Å². The van der Waals surface area contributed by atoms with Crippen molar-refractivity contribution in [1.29, 1.82) is 0 Å². The molecule has 0 saturated carbocycles. The Morgan fingerprint density at radius 3 is 2.68 bits per heavy atom. The lowest BCUT2D eigenvalue weighted by Gasteiger charge is -2.23. The monoisotopic (exact) mass is 286 g/mol. The third-order valence-corrected chi connectivity index (χ3v) is 3.01. The highest BCUT2D eigenvalue weighted by Gasteiger charge is 2.18. The Balaban J connectivity index is 2.85. The summed E-state index contributed by atoms with van der Waals surface area (Å²) in [7, 11) is 3.09. The van der Waals surface area contributed by atoms with Gasteiger partial charge >= 0.3 is 5.97 Å². The van der Waals surface area contributed by atoms with Crippen molar-refractivity contribution < 1.29 is 14.5 Å². The normalized spacial score (nSPS) is 11.8. The highest BCUT2D eigenvalue weighted by Crippen LogP contribution is 2.29. The smallest absolute Gasteiger partial charge is 0.310 e. The number of non-ortho nitro benzene ring substituents is 1. The van der Waals surface area contributed by atoms with Crippen molar-refractivity contribution in [1.82, 2.24) is 0 Å². The van der Waals surface area contributed by atoms with Gasteiger partial charge in [0.25, 0.3) is 5.69 Å². The van der Waals surface area contributed by atoms with E-state index in [0.29, 0.717) is 12.2 Å². The number of anilines is 1. The molecule has 1 unspecified atom stereocenters. The summed E-state index contributed by atoms with van der Waals surface area (Å²) in [5.74, 6) is -0.633. The number of carbonyl (C=O) groups is 1. The average molecular weight is 287 g/mol. The van der Waals surface area contributed by atoms with Crippen molar-refractivity contribution in [2.24, 2.45) is 5.92 Å². The number of methoxy groups -OCH3 is 1. The first kappa shape index (κ1) is 15.2. The summed E-state index contributed by atoms with van der Waals surface area (Å²) >= 11 is 6.00. The molecule has 1 aromatic carbocycles. The van der Waals surface area contributed by atoms with Gasteiger partial charge in [-0.05, 0) is 6.07 Å². The standard InChI is InChI=1S/C12H15ClN2O4/c1-8(12(16)19-3)7-14(2)11-5-4-9(15(17)18)6-10(11)13/h4-6,8H,7H2,1-3H3. The minimum atomic E-state index is -0.507. The van der Waals surface area contributed by atoms with Gasteiger partial charge < -0.3 is 9.64 Å². The van der Waals surface area contributed by atoms with E-state index >= 15 is 0 Å². The maximum Gasteiger partial charge on any atom is 0.310 e. The molecular weight excluding hydrogens is 272 g/mol. The number of ether oxygens (including phenoxy) is 1. The molecule has 1 aromatic rings. The number of nitro benzene ring substituents is 1. The van der Waals surface area contributed by atoms with E-state index in [9.17, 15) is 14.9 Å². The minimum Gasteiger partial charge on any atom is -0.469 e. The van der Waals surface area contributed by atoms with Crippen LogP contribution < -0.4 is 4.90 Å². The van der Waals surface area contributed by atoms with Gasteiger partial charge in [-0.25, -0.2) is 0 Å². The topological polar surface area (TPSA) is 72.7 Å². The Bertz CT molecular complexity index is 493. The minimum absolute atomic E-state index is 0.0665. The first-order chi connectivity index (χ1) is 8.86. The largest absolute Gasteiger partial charge is 0.469 e. The highest BCUT2D eigenvalue weighted by molar-refractivity contribution is 6.33. The molecule has 0 fully saturated rings. The van der Waals surface area contributed by atoms with Gasteiger partial charge in [0.05, 0.1) is 28.7 Å². The molecular formula is C12H15ClN2O4. The molecule has 0 heterocycles. The molecule has 0 N–H and O–H groups in total. The van der Waals surface area contributed by atoms with E-state index in [1.807, 2.05) is 0 Å². The van der Waals surface area contributed by atoms with Crippen molar-refractivity contribution >= 4 is 28.9 Å². The number of esters is 1. The van der Waals surface area contributed by atoms with Crippen molar-refractivity contribution in [3.05, 3.63) is 33.3 Å². The summed E-state index contributed by atoms with van der Waals surface area (Å²) in [4.78, 5) is 23.2. The number of hydrogen-bond donors (Lipinski definition) is 0. The Morgan fingerprint density at radius 2 is 2.21 bits per heavy atom. The number of hydrogen-bond acceptors (Lipinski definition) is 5. The van der Waals surface area contributed by atoms with Gasteiger partial charge in [-0.2, -0.15) is 0 Å². The molecule has 19 heavy (non-hydrogen) atoms. The number of benzene rings is 1. The van der Waals surface area contributed by atoms with Crippen molar-refractivity contribution in [2.75, 3.05) is 25.6 Å². The third kappa shape index (κ3) is 3.82. The van der Waals surface area contributed by atoms with Crippen LogP contribution in [0, 0.1) is 16.0 Å². The van der Waals surface area contributed by atoms with Gasteiger partial charge in [-0.3, -0.25) is 14.9 Å². The van der Waals surface area contributed by atoms with E-state index in [0.717, 1.165) is 0 Å². The Hall–Kier alpha value is -1.82. The molecule has 0 spiro atoms. The zero-order valence-corrected chi connectivity index (χ0v) is 11.7. The van der Waals surface area contributed by atoms with Gasteiger partial charge in [-0.15, -0.1) is 0 Å². The summed E-state index contributed by atoms with van der Waals surface area (Å²) in [5.41, 5.74) is 0.561. The molecule has 0 amide bonds. The van der Waals surface area contributed by atoms with Gasteiger partial charge in [0.1, 0.15) is 0 Å². The van der Waals surface area contributed by atoms with Gasteiger partial charge in [0, 0.05) is 25.7 Å². The van der Waals surface area contributed by atoms with Crippen LogP contribution in [0.25, 0.3) is 0 Å². The molecule has 1 rings (SSSR count). The first-order valence-corrected chi connectivity index (χ1v) is 5.97. The second-order valence-electron chi connectivity index (χ2n) is 4.20. The lowest BCUT2D eigenvalue weighted by Crippen LogP contribution is -2.29. The van der Waals surface area contributed by atoms with Gasteiger partial charge in [-0.1, -0.05) is 18.5 Å². The number of rotatable bonds is 5. The molecule has 104 valence electrons. The SMILES string of the molecule is COC(=O)C(C)CN(C)c1ccc([N+](=O)[O-])cc1Cl. The summed E-state index contributed by atoms with van der Waals surface area (Å²) in [5, 5.41) is 10.9. The molecule has 0 aliphatic rings. The fourth-order valence-corrected chi connectivity index (χ4v) is 2.02. The zero-order valence-electron chi connectivity index (χ0n) is 10.9. The van der Waals surface area contributed by atoms with Crippen LogP contribution in [-0.2, 0) is 9.53 Å². The molecule has 6 nitrogen and oxygen atoms in total. The van der Waals surface area contributed by atoms with E-state index in [4.69, 9.17) is 11.6 Å². The van der Waals surface area contributed by atoms with E-state index in [1.54, 1.807) is 24.9 Å². The van der Waals surface area contributed by atoms with Crippen LogP contribution >= 0.6 is 11.6 Å². The Kier molecular flexibility index (Phi) is 5.11. The van der Waals surface area contributed by atoms with Crippen molar-refractivity contribution in [3.8, 4) is 0 Å². The van der Waals surface area contributed by atoms with Crippen LogP contribution in [0.5, 0.6) is 0 Å². The summed E-state index contributed by atoms with van der Waals surface area (Å²) in [6.45, 7) is 2.14. The second kappa shape index (κ2) is 6.38. The highest BCUT2D eigenvalue weighted by atomic mass is 35.5. The number of nitro groups is 1. The molecule has 0 radical (unpaired) electrons. The van der Waals surface area contributed by atoms with Crippen LogP contribution in [0.2, 0.25) is 5.02 Å². The second-order valence-corrected chi connectivity index (χ2v) is 4.60. The van der Waals surface area contributed by atoms with Crippen LogP contribution in [-0.4, -0.2) is 31.6 Å². The van der Waals surface area contributed by atoms with Crippen LogP contribution in [0.1, 0.15) is 6.92 Å². The molecule has 0 saturated heterocycles. The zero-order chi connectivity index (χ0) is 14.6. The van der Waals surface area contributed by atoms with Crippen molar-refractivity contribution in [2.45, 2.75) is 6.92 Å². The molecule has 0 aromatic heterocycles. The number of nitrogens with zero attached hydrogens (tertiary/aromatic N) is 2. The molecule has 0 aliphatic heterocycles. The summed E-state index contributed by atoms with van der Waals surface area (Å²) in [6, 6.07) is 4.22. The van der Waals surface area contributed by atoms with E-state index < -0.39 is 4.92 Å². The first-order valence-electron chi connectivity index (χ1n) is 5.59. The lowest BCUT2D eigenvalue weighted by molar-refractivity contribution is -0.384. The van der Waals surface area contributed by atoms with E-state index in [1.165, 1.54) is 19.2 Å². The van der Waals surface area contributed by atoms with Crippen molar-refractivity contribution in [3.63, 3.8) is 0 Å². The maximum absolute atomic E-state index is 11.3. The molecule has 7 heteroatoms. The van der Waals surface area contributed by atoms with E-state index in [-0.39, 0.29) is 22.6 Å². The van der Waals surface area contributed by atoms with Gasteiger partial charge in [0.2, 0.25) is 0 Å². The Labute approximate surface area is 116 Å². The molecule has 1 atom stereocenters. The third-order valence-electron chi connectivity index (χ3n) is 2.70. The van der Waals surface area contributed by atoms with Crippen LogP contribution in [0.3, 0.4) is 0 Å². The molecule has 0 aliphatic carbocycles. The fraction of sp³-hybridized carbons (Fsp3) is 0.417. The quantitative estimate of drug-likeness (QED) is 0.472. The predicted octanol–water partition coefficient (Wildman–Crippen LogP) is 2.49. The summed E-state index contributed by atoms with van der Waals surface area (Å²) < 4.78 is 4.64. The Morgan fingerprint density at radius 1 is 1.58 bits per heavy atom. The summed E-state index contributed by atoms with van der Waals surface area (Å²) in [6.07, 6.45) is 0. The number of halogens is 1. The lowest BCUT2D eigenvalue weighted by atomic mass is 10.1. The van der Waals surface area contributed by atoms with Gasteiger partial charge in [0.15, 0.2) is 0 Å². The predicted molar refractivity (Wildman–Crippen MR) is 72.6 cm³/mol. The number of carbonyl (C=O) groups excluding carboxylic acids is 1. The van der Waals surface area contributed by atoms with Crippen LogP contribution in [0.4, 0.5) is 11.4 Å². The molecule has 0 bridgehead atoms. The average Bonchev–Trinajstić information content (AvgIpc) is 2.37.